The summed E-state index contributed by atoms with van der Waals surface area (Å²) in [5.41, 5.74) is 3.14. The lowest BCUT2D eigenvalue weighted by Crippen LogP contribution is -2.17. The quantitative estimate of drug-likeness (QED) is 0.262. The predicted molar refractivity (Wildman–Crippen MR) is 138 cm³/mol. The summed E-state index contributed by atoms with van der Waals surface area (Å²) in [6, 6.07) is 5.54. The first-order valence-corrected chi connectivity index (χ1v) is 12.6. The van der Waals surface area contributed by atoms with Crippen molar-refractivity contribution in [3.8, 4) is 11.5 Å². The molecule has 0 saturated heterocycles. The van der Waals surface area contributed by atoms with E-state index in [2.05, 4.69) is 36.3 Å². The Kier molecular flexibility index (Phi) is 10.4. The number of aliphatic hydroxyl groups excluding tert-OH is 1. The number of aryl methyl sites for hydroxylation is 1. The number of unbranched alkanes of at least 4 members (excludes halogenated alkanes) is 1. The normalized spacial score (nSPS) is 18.4. The van der Waals surface area contributed by atoms with Gasteiger partial charge in [0.1, 0.15) is 30.9 Å². The van der Waals surface area contributed by atoms with Gasteiger partial charge in [0, 0.05) is 13.0 Å². The van der Waals surface area contributed by atoms with Crippen LogP contribution in [0, 0.1) is 17.9 Å². The highest BCUT2D eigenvalue weighted by atomic mass is 16.5. The molecule has 6 nitrogen and oxygen atoms in total. The number of aliphatic hydroxyl groups is 3. The van der Waals surface area contributed by atoms with Crippen molar-refractivity contribution in [1.82, 2.24) is 5.32 Å². The third-order valence-electron chi connectivity index (χ3n) is 6.53. The highest BCUT2D eigenvalue weighted by Crippen LogP contribution is 2.32. The molecule has 0 aliphatic carbocycles. The minimum Gasteiger partial charge on any atom is -0.504 e. The van der Waals surface area contributed by atoms with Crippen LogP contribution in [-0.4, -0.2) is 54.1 Å². The Hall–Kier alpha value is -2.41. The predicted octanol–water partition coefficient (Wildman–Crippen LogP) is 4.43. The molecule has 0 aromatic heterocycles. The molecule has 1 aromatic rings. The number of phenols is 1. The standard InChI is InChI=1S/C28H40N2O4/c1-4-5-6-27-23(19-31)17-25(34-27)9-7-21-8-10-26(32)28(15-21)33-14-12-24-16-22(18-30-24)20(2)11-13-29-3/h8,10,15-18,20,27,29,31,34H,4-7,9,11-14,19H2,1-3H3/p+1. The second-order valence-corrected chi connectivity index (χ2v) is 9.24. The molecule has 0 amide bonds. The summed E-state index contributed by atoms with van der Waals surface area (Å²) in [4.78, 5) is 4.53. The number of ether oxygens (including phenoxy) is 2. The van der Waals surface area contributed by atoms with Crippen molar-refractivity contribution in [1.29, 1.82) is 0 Å². The van der Waals surface area contributed by atoms with Crippen molar-refractivity contribution < 1.29 is 19.7 Å². The summed E-state index contributed by atoms with van der Waals surface area (Å²) in [6.45, 7) is 5.93. The van der Waals surface area contributed by atoms with Crippen LogP contribution in [0.1, 0.15) is 57.9 Å². The average Bonchev–Trinajstić information content (AvgIpc) is 3.48. The number of allylic oxidation sites excluding steroid dienone is 1. The molecule has 0 spiro atoms. The Morgan fingerprint density at radius 2 is 2.18 bits per heavy atom. The number of hydrogen-bond acceptors (Lipinski definition) is 5. The fourth-order valence-corrected chi connectivity index (χ4v) is 4.29. The molecule has 0 fully saturated rings. The van der Waals surface area contributed by atoms with Crippen LogP contribution in [0.4, 0.5) is 0 Å². The first-order chi connectivity index (χ1) is 16.5. The first kappa shape index (κ1) is 26.2. The molecule has 0 bridgehead atoms. The second-order valence-electron chi connectivity index (χ2n) is 9.24. The number of aromatic hydroxyl groups is 1. The summed E-state index contributed by atoms with van der Waals surface area (Å²) in [5, 5.41) is 23.1. The molecule has 4 N–H and O–H groups in total. The molecule has 6 heteroatoms. The molecule has 1 aromatic carbocycles. The summed E-state index contributed by atoms with van der Waals surface area (Å²) >= 11 is 0. The number of hydrogen-bond donors (Lipinski definition) is 3. The van der Waals surface area contributed by atoms with E-state index >= 15 is 0 Å². The van der Waals surface area contributed by atoms with E-state index in [0.717, 1.165) is 68.0 Å². The van der Waals surface area contributed by atoms with Gasteiger partial charge in [-0.15, -0.1) is 16.6 Å². The maximum atomic E-state index is 10.2. The van der Waals surface area contributed by atoms with Crippen LogP contribution in [0.5, 0.6) is 11.5 Å². The van der Waals surface area contributed by atoms with Crippen LogP contribution in [0.3, 0.4) is 0 Å². The number of benzene rings is 1. The van der Waals surface area contributed by atoms with Gasteiger partial charge < -0.3 is 25.0 Å². The van der Waals surface area contributed by atoms with Gasteiger partial charge in [-0.3, -0.25) is 0 Å². The van der Waals surface area contributed by atoms with E-state index in [1.165, 1.54) is 5.92 Å². The van der Waals surface area contributed by atoms with Gasteiger partial charge in [-0.2, -0.15) is 0 Å². The molecule has 2 heterocycles. The summed E-state index contributed by atoms with van der Waals surface area (Å²) < 4.78 is 10.7. The zero-order chi connectivity index (χ0) is 24.3. The van der Waals surface area contributed by atoms with Gasteiger partial charge in [0.25, 0.3) is 0 Å². The monoisotopic (exact) mass is 469 g/mol. The number of nitrogens with one attached hydrogen (secondary N) is 1. The largest absolute Gasteiger partial charge is 0.504 e. The van der Waals surface area contributed by atoms with Crippen molar-refractivity contribution in [2.24, 2.45) is 10.9 Å². The Morgan fingerprint density at radius 3 is 2.94 bits per heavy atom. The van der Waals surface area contributed by atoms with Crippen molar-refractivity contribution in [3.05, 3.63) is 59.2 Å². The van der Waals surface area contributed by atoms with Crippen molar-refractivity contribution >= 4 is 6.21 Å². The average molecular weight is 470 g/mol. The number of nitrogens with zero attached hydrogens (tertiary/aromatic N) is 1. The van der Waals surface area contributed by atoms with Crippen LogP contribution in [0.15, 0.2) is 46.6 Å². The van der Waals surface area contributed by atoms with Crippen LogP contribution in [0.25, 0.3) is 0 Å². The molecule has 0 saturated carbocycles. The van der Waals surface area contributed by atoms with Gasteiger partial charge in [-0.25, -0.2) is 0 Å². The molecule has 2 atom stereocenters. The van der Waals surface area contributed by atoms with Gasteiger partial charge in [0.15, 0.2) is 17.2 Å². The molecular formula is C28H41N2O4+. The molecular weight excluding hydrogens is 428 g/mol. The van der Waals surface area contributed by atoms with E-state index < -0.39 is 0 Å². The van der Waals surface area contributed by atoms with Crippen LogP contribution in [0.2, 0.25) is 0 Å². The van der Waals surface area contributed by atoms with Gasteiger partial charge in [-0.1, -0.05) is 19.4 Å². The Morgan fingerprint density at radius 1 is 1.32 bits per heavy atom. The molecule has 186 valence electrons. The minimum atomic E-state index is 0.0766. The summed E-state index contributed by atoms with van der Waals surface area (Å²) in [6.07, 6.45) is 14.0. The number of rotatable bonds is 15. The van der Waals surface area contributed by atoms with E-state index in [4.69, 9.17) is 9.47 Å². The maximum Gasteiger partial charge on any atom is 0.178 e. The third kappa shape index (κ3) is 7.55. The summed E-state index contributed by atoms with van der Waals surface area (Å²) in [5.74, 6) is 2.40. The lowest BCUT2D eigenvalue weighted by atomic mass is 9.92. The Labute approximate surface area is 204 Å². The van der Waals surface area contributed by atoms with Gasteiger partial charge in [-0.05, 0) is 63.9 Å². The Bertz CT molecular complexity index is 864. The second kappa shape index (κ2) is 13.5. The third-order valence-corrected chi connectivity index (χ3v) is 6.53. The SMILES string of the molecule is CCCCC1[OH+][C-](CCc2ccc(O)c(OCCC3=C[C+](C(C)CCNC)C=N3)c2)C=C1CO. The first-order valence-electron chi connectivity index (χ1n) is 12.6. The van der Waals surface area contributed by atoms with E-state index in [9.17, 15) is 10.2 Å². The molecule has 2 unspecified atom stereocenters. The number of phenolic OH excluding ortho intramolecular Hbond substituents is 1. The van der Waals surface area contributed by atoms with E-state index in [-0.39, 0.29) is 18.5 Å². The molecule has 3 rings (SSSR count). The topological polar surface area (TPSA) is 86.9 Å². The zero-order valence-corrected chi connectivity index (χ0v) is 20.9. The molecule has 34 heavy (non-hydrogen) atoms. The van der Waals surface area contributed by atoms with Crippen molar-refractivity contribution in [2.75, 3.05) is 26.8 Å². The summed E-state index contributed by atoms with van der Waals surface area (Å²) in [7, 11) is 1.97. The smallest absolute Gasteiger partial charge is 0.178 e. The van der Waals surface area contributed by atoms with E-state index in [1.807, 2.05) is 25.4 Å². The lowest BCUT2D eigenvalue weighted by Gasteiger charge is -2.19. The minimum absolute atomic E-state index is 0.0766. The van der Waals surface area contributed by atoms with Gasteiger partial charge in [0.2, 0.25) is 0 Å². The van der Waals surface area contributed by atoms with Gasteiger partial charge >= 0.3 is 0 Å². The van der Waals surface area contributed by atoms with Crippen molar-refractivity contribution in [3.63, 3.8) is 0 Å². The molecule has 2 aliphatic rings. The lowest BCUT2D eigenvalue weighted by molar-refractivity contribution is -0.0550. The van der Waals surface area contributed by atoms with Crippen LogP contribution in [-0.2, 0) is 6.42 Å². The zero-order valence-electron chi connectivity index (χ0n) is 20.9. The molecule has 0 radical (unpaired) electrons. The highest BCUT2D eigenvalue weighted by Gasteiger charge is 2.27. The fraction of sp³-hybridized carbons (Fsp3) is 0.536. The van der Waals surface area contributed by atoms with Crippen LogP contribution < -0.4 is 10.1 Å². The van der Waals surface area contributed by atoms with E-state index in [0.29, 0.717) is 24.7 Å². The van der Waals surface area contributed by atoms with Crippen LogP contribution >= 0.6 is 0 Å². The van der Waals surface area contributed by atoms with E-state index in [1.54, 1.807) is 6.07 Å². The Balaban J connectivity index is 1.46. The van der Waals surface area contributed by atoms with Crippen molar-refractivity contribution in [2.45, 2.75) is 64.9 Å². The maximum absolute atomic E-state index is 10.2. The number of aliphatic imine (C=N–C) groups is 1. The van der Waals surface area contributed by atoms with Gasteiger partial charge in [0.05, 0.1) is 18.4 Å². The molecule has 2 aliphatic heterocycles. The fourth-order valence-electron chi connectivity index (χ4n) is 4.29. The highest BCUT2D eigenvalue weighted by molar-refractivity contribution is 5.82.